The molecule has 0 bridgehead atoms. The van der Waals surface area contributed by atoms with E-state index >= 15 is 0 Å². The second-order valence-electron chi connectivity index (χ2n) is 5.23. The van der Waals surface area contributed by atoms with E-state index in [1.54, 1.807) is 7.05 Å². The normalized spacial score (nSPS) is 32.5. The minimum atomic E-state index is -1.50. The van der Waals surface area contributed by atoms with E-state index < -0.39 is 37.1 Å². The summed E-state index contributed by atoms with van der Waals surface area (Å²) in [7, 11) is 1.56. The first-order chi connectivity index (χ1) is 10.5. The Morgan fingerprint density at radius 2 is 2.05 bits per heavy atom. The van der Waals surface area contributed by atoms with Gasteiger partial charge in [-0.3, -0.25) is 5.41 Å². The molecule has 0 amide bonds. The van der Waals surface area contributed by atoms with E-state index in [0.717, 1.165) is 0 Å². The Balaban J connectivity index is 2.09. The molecule has 0 radical (unpaired) electrons. The fraction of sp³-hybridized carbons (Fsp3) is 0.583. The average Bonchev–Trinajstić information content (AvgIpc) is 2.98. The number of hydrogen-bond donors (Lipinski definition) is 6. The number of aliphatic hydroxyl groups is 4. The molecule has 0 aromatic carbocycles. The highest BCUT2D eigenvalue weighted by Gasteiger charge is 2.45. The van der Waals surface area contributed by atoms with Gasteiger partial charge in [0.05, 0.1) is 12.9 Å². The van der Waals surface area contributed by atoms with Crippen molar-refractivity contribution in [3.63, 3.8) is 0 Å². The quantitative estimate of drug-likeness (QED) is 0.351. The summed E-state index contributed by atoms with van der Waals surface area (Å²) >= 11 is 0. The molecule has 0 aliphatic carbocycles. The van der Waals surface area contributed by atoms with E-state index in [4.69, 9.17) is 10.1 Å². The summed E-state index contributed by atoms with van der Waals surface area (Å²) in [6.07, 6.45) is -5.13. The number of hydrogen-bond acceptors (Lipinski definition) is 8. The zero-order chi connectivity index (χ0) is 16.0. The van der Waals surface area contributed by atoms with Crippen molar-refractivity contribution in [2.75, 3.05) is 6.61 Å². The Kier molecular flexibility index (Phi) is 3.70. The minimum absolute atomic E-state index is 0.0782. The fourth-order valence-electron chi connectivity index (χ4n) is 2.58. The van der Waals surface area contributed by atoms with E-state index in [1.165, 1.54) is 10.9 Å². The van der Waals surface area contributed by atoms with Crippen LogP contribution in [0, 0.1) is 5.41 Å². The van der Waals surface area contributed by atoms with Gasteiger partial charge in [0.2, 0.25) is 0 Å². The SMILES string of the molecule is Cn1c([C@@H]2O[C@H](CO)[C@@H](O)[C@H](O)[C@H]2O)nc2nc[nH]c2c1=N. The van der Waals surface area contributed by atoms with Crippen molar-refractivity contribution in [2.24, 2.45) is 7.05 Å². The summed E-state index contributed by atoms with van der Waals surface area (Å²) in [4.78, 5) is 11.0. The van der Waals surface area contributed by atoms with E-state index in [1.807, 2.05) is 0 Å². The molecule has 3 rings (SSSR count). The molecule has 2 aromatic heterocycles. The molecule has 1 fully saturated rings. The van der Waals surface area contributed by atoms with Crippen LogP contribution in [0.1, 0.15) is 11.9 Å². The topological polar surface area (TPSA) is 160 Å². The lowest BCUT2D eigenvalue weighted by molar-refractivity contribution is -0.234. The van der Waals surface area contributed by atoms with Crippen LogP contribution < -0.4 is 5.49 Å². The molecule has 6 N–H and O–H groups in total. The lowest BCUT2D eigenvalue weighted by atomic mass is 9.94. The Labute approximate surface area is 124 Å². The van der Waals surface area contributed by atoms with E-state index in [0.29, 0.717) is 5.52 Å². The van der Waals surface area contributed by atoms with Crippen molar-refractivity contribution < 1.29 is 25.2 Å². The molecular formula is C12H17N5O5. The van der Waals surface area contributed by atoms with Crippen LogP contribution in [-0.4, -0.2) is 71.0 Å². The first kappa shape index (κ1) is 15.1. The van der Waals surface area contributed by atoms with Crippen molar-refractivity contribution in [1.82, 2.24) is 19.5 Å². The van der Waals surface area contributed by atoms with Crippen LogP contribution in [-0.2, 0) is 11.8 Å². The van der Waals surface area contributed by atoms with Gasteiger partial charge in [-0.15, -0.1) is 0 Å². The van der Waals surface area contributed by atoms with Gasteiger partial charge >= 0.3 is 0 Å². The van der Waals surface area contributed by atoms with Gasteiger partial charge in [0.25, 0.3) is 0 Å². The molecule has 10 heteroatoms. The Bertz CT molecular complexity index is 741. The molecule has 120 valence electrons. The van der Waals surface area contributed by atoms with E-state index in [9.17, 15) is 20.4 Å². The molecule has 10 nitrogen and oxygen atoms in total. The molecule has 22 heavy (non-hydrogen) atoms. The van der Waals surface area contributed by atoms with Gasteiger partial charge in [-0.1, -0.05) is 0 Å². The Hall–Kier alpha value is -1.85. The van der Waals surface area contributed by atoms with Crippen LogP contribution in [0.4, 0.5) is 0 Å². The molecule has 1 aliphatic heterocycles. The molecule has 2 aromatic rings. The number of aliphatic hydroxyl groups excluding tert-OH is 4. The van der Waals surface area contributed by atoms with Crippen molar-refractivity contribution in [2.45, 2.75) is 30.5 Å². The maximum absolute atomic E-state index is 10.2. The lowest BCUT2D eigenvalue weighted by Crippen LogP contribution is -2.56. The first-order valence-electron chi connectivity index (χ1n) is 6.70. The van der Waals surface area contributed by atoms with Crippen LogP contribution in [0.2, 0.25) is 0 Å². The van der Waals surface area contributed by atoms with E-state index in [2.05, 4.69) is 15.0 Å². The number of aromatic nitrogens is 4. The maximum atomic E-state index is 10.2. The number of nitrogens with zero attached hydrogens (tertiary/aromatic N) is 3. The summed E-state index contributed by atoms with van der Waals surface area (Å²) in [5, 5.41) is 47.1. The highest BCUT2D eigenvalue weighted by Crippen LogP contribution is 2.31. The van der Waals surface area contributed by atoms with Crippen LogP contribution >= 0.6 is 0 Å². The zero-order valence-corrected chi connectivity index (χ0v) is 11.7. The smallest absolute Gasteiger partial charge is 0.183 e. The third kappa shape index (κ3) is 2.12. The summed E-state index contributed by atoms with van der Waals surface area (Å²) in [6, 6.07) is 0. The standard InChI is InChI=1S/C12H17N5O5/c1-17-10(13)5-11(15-3-14-5)16-12(17)9-8(21)7(20)6(19)4(2-18)22-9/h3-4,6-9,13,18-21H,2H2,1H3,(H,14,15)/t4-,6-,7+,8-,9-/m1/s1. The predicted octanol–water partition coefficient (Wildman–Crippen LogP) is -2.71. The van der Waals surface area contributed by atoms with Crippen LogP contribution in [0.5, 0.6) is 0 Å². The number of ether oxygens (including phenoxy) is 1. The Morgan fingerprint density at radius 3 is 2.73 bits per heavy atom. The number of H-pyrrole nitrogens is 1. The van der Waals surface area contributed by atoms with E-state index in [-0.39, 0.29) is 17.0 Å². The molecule has 3 heterocycles. The zero-order valence-electron chi connectivity index (χ0n) is 11.7. The average molecular weight is 311 g/mol. The largest absolute Gasteiger partial charge is 0.394 e. The number of rotatable bonds is 2. The number of fused-ring (bicyclic) bond motifs is 1. The number of imidazole rings is 1. The summed E-state index contributed by atoms with van der Waals surface area (Å²) in [5.74, 6) is 0.168. The van der Waals surface area contributed by atoms with Crippen molar-refractivity contribution >= 4 is 11.2 Å². The third-order valence-electron chi connectivity index (χ3n) is 3.90. The van der Waals surface area contributed by atoms with Crippen molar-refractivity contribution in [1.29, 1.82) is 5.41 Å². The molecule has 1 aliphatic rings. The van der Waals surface area contributed by atoms with Crippen LogP contribution in [0.25, 0.3) is 11.2 Å². The van der Waals surface area contributed by atoms with Crippen LogP contribution in [0.15, 0.2) is 6.33 Å². The lowest BCUT2D eigenvalue weighted by Gasteiger charge is -2.39. The molecule has 0 saturated carbocycles. The molecule has 0 spiro atoms. The van der Waals surface area contributed by atoms with Crippen LogP contribution in [0.3, 0.4) is 0 Å². The predicted molar refractivity (Wildman–Crippen MR) is 71.4 cm³/mol. The molecule has 1 saturated heterocycles. The first-order valence-corrected chi connectivity index (χ1v) is 6.70. The van der Waals surface area contributed by atoms with Gasteiger partial charge in [0.1, 0.15) is 41.9 Å². The second-order valence-corrected chi connectivity index (χ2v) is 5.23. The highest BCUT2D eigenvalue weighted by atomic mass is 16.5. The minimum Gasteiger partial charge on any atom is -0.394 e. The highest BCUT2D eigenvalue weighted by molar-refractivity contribution is 5.67. The molecule has 5 atom stereocenters. The second kappa shape index (κ2) is 5.41. The summed E-state index contributed by atoms with van der Waals surface area (Å²) in [6.45, 7) is -0.524. The Morgan fingerprint density at radius 1 is 1.32 bits per heavy atom. The summed E-state index contributed by atoms with van der Waals surface area (Å²) < 4.78 is 6.85. The van der Waals surface area contributed by atoms with Gasteiger partial charge in [-0.2, -0.15) is 0 Å². The monoisotopic (exact) mass is 311 g/mol. The van der Waals surface area contributed by atoms with Gasteiger partial charge in [-0.25, -0.2) is 9.97 Å². The maximum Gasteiger partial charge on any atom is 0.183 e. The fourth-order valence-corrected chi connectivity index (χ4v) is 2.58. The third-order valence-corrected chi connectivity index (χ3v) is 3.90. The van der Waals surface area contributed by atoms with Crippen molar-refractivity contribution in [3.8, 4) is 0 Å². The molecule has 0 unspecified atom stereocenters. The van der Waals surface area contributed by atoms with Gasteiger partial charge in [-0.05, 0) is 0 Å². The molecular weight excluding hydrogens is 294 g/mol. The van der Waals surface area contributed by atoms with Gasteiger partial charge < -0.3 is 34.7 Å². The van der Waals surface area contributed by atoms with Gasteiger partial charge in [0, 0.05) is 7.05 Å². The van der Waals surface area contributed by atoms with Crippen molar-refractivity contribution in [3.05, 3.63) is 17.6 Å². The summed E-state index contributed by atoms with van der Waals surface area (Å²) in [5.41, 5.74) is 0.778. The number of aromatic amines is 1. The number of nitrogens with one attached hydrogen (secondary N) is 2. The van der Waals surface area contributed by atoms with Gasteiger partial charge in [0.15, 0.2) is 11.1 Å².